The normalized spacial score (nSPS) is 10.2. The van der Waals surface area contributed by atoms with Crippen molar-refractivity contribution in [2.24, 2.45) is 0 Å². The fourth-order valence-electron chi connectivity index (χ4n) is 1.31. The standard InChI is InChI=1S/C10H12N4O2S/c1-6-13-14-10(17-6)11-5-7-3-4-8(12-7)9(15)16-2/h3-4,12H,5H2,1-2H3,(H,11,14). The molecule has 2 aromatic rings. The molecule has 0 bridgehead atoms. The van der Waals surface area contributed by atoms with Crippen molar-refractivity contribution in [1.29, 1.82) is 0 Å². The lowest BCUT2D eigenvalue weighted by Gasteiger charge is -1.99. The highest BCUT2D eigenvalue weighted by atomic mass is 32.1. The molecule has 2 rings (SSSR count). The van der Waals surface area contributed by atoms with Crippen molar-refractivity contribution in [3.63, 3.8) is 0 Å². The Kier molecular flexibility index (Phi) is 3.38. The molecule has 0 unspecified atom stereocenters. The molecule has 2 heterocycles. The summed E-state index contributed by atoms with van der Waals surface area (Å²) in [6.07, 6.45) is 0. The van der Waals surface area contributed by atoms with Crippen molar-refractivity contribution >= 4 is 22.4 Å². The molecule has 2 aromatic heterocycles. The van der Waals surface area contributed by atoms with E-state index in [9.17, 15) is 4.79 Å². The summed E-state index contributed by atoms with van der Waals surface area (Å²) in [5.41, 5.74) is 1.33. The highest BCUT2D eigenvalue weighted by Crippen LogP contribution is 2.14. The van der Waals surface area contributed by atoms with Crippen LogP contribution in [0, 0.1) is 6.92 Å². The molecule has 0 fully saturated rings. The molecule has 0 aliphatic rings. The van der Waals surface area contributed by atoms with E-state index in [0.29, 0.717) is 12.2 Å². The summed E-state index contributed by atoms with van der Waals surface area (Å²) in [5.74, 6) is -0.372. The minimum absolute atomic E-state index is 0.372. The second-order valence-electron chi connectivity index (χ2n) is 3.37. The molecule has 6 nitrogen and oxygen atoms in total. The van der Waals surface area contributed by atoms with Crippen LogP contribution in [0.4, 0.5) is 5.13 Å². The van der Waals surface area contributed by atoms with Gasteiger partial charge in [-0.3, -0.25) is 0 Å². The molecular weight excluding hydrogens is 240 g/mol. The third kappa shape index (κ3) is 2.82. The number of nitrogens with zero attached hydrogens (tertiary/aromatic N) is 2. The monoisotopic (exact) mass is 252 g/mol. The van der Waals surface area contributed by atoms with Crippen LogP contribution in [0.1, 0.15) is 21.2 Å². The maximum atomic E-state index is 11.2. The smallest absolute Gasteiger partial charge is 0.354 e. The second kappa shape index (κ2) is 4.96. The Morgan fingerprint density at radius 2 is 2.35 bits per heavy atom. The Morgan fingerprint density at radius 3 is 3.00 bits per heavy atom. The zero-order chi connectivity index (χ0) is 12.3. The van der Waals surface area contributed by atoms with Crippen molar-refractivity contribution in [2.75, 3.05) is 12.4 Å². The van der Waals surface area contributed by atoms with Gasteiger partial charge in [0.05, 0.1) is 13.7 Å². The van der Waals surface area contributed by atoms with Gasteiger partial charge in [0.15, 0.2) is 0 Å². The Morgan fingerprint density at radius 1 is 1.53 bits per heavy atom. The summed E-state index contributed by atoms with van der Waals surface area (Å²) in [7, 11) is 1.35. The van der Waals surface area contributed by atoms with Crippen LogP contribution in [0.5, 0.6) is 0 Å². The van der Waals surface area contributed by atoms with Crippen LogP contribution >= 0.6 is 11.3 Å². The SMILES string of the molecule is COC(=O)c1ccc(CNc2nnc(C)s2)[nH]1. The third-order valence-corrected chi connectivity index (χ3v) is 2.90. The van der Waals surface area contributed by atoms with Crippen LogP contribution in [0.3, 0.4) is 0 Å². The van der Waals surface area contributed by atoms with Gasteiger partial charge in [-0.25, -0.2) is 4.79 Å². The molecule has 0 aliphatic heterocycles. The number of carbonyl (C=O) groups is 1. The molecule has 0 saturated carbocycles. The largest absolute Gasteiger partial charge is 0.464 e. The molecule has 0 atom stereocenters. The molecule has 7 heteroatoms. The number of H-pyrrole nitrogens is 1. The summed E-state index contributed by atoms with van der Waals surface area (Å²) in [6.45, 7) is 2.46. The lowest BCUT2D eigenvalue weighted by Crippen LogP contribution is -2.03. The molecule has 0 aliphatic carbocycles. The zero-order valence-corrected chi connectivity index (χ0v) is 10.3. The predicted molar refractivity (Wildman–Crippen MR) is 64.1 cm³/mol. The van der Waals surface area contributed by atoms with Gasteiger partial charge in [-0.05, 0) is 19.1 Å². The topological polar surface area (TPSA) is 79.9 Å². The van der Waals surface area contributed by atoms with E-state index in [2.05, 4.69) is 25.2 Å². The molecule has 90 valence electrons. The fourth-order valence-corrected chi connectivity index (χ4v) is 1.90. The van der Waals surface area contributed by atoms with Gasteiger partial charge in [0, 0.05) is 5.69 Å². The zero-order valence-electron chi connectivity index (χ0n) is 9.48. The summed E-state index contributed by atoms with van der Waals surface area (Å²) >= 11 is 1.49. The van der Waals surface area contributed by atoms with E-state index in [1.165, 1.54) is 18.4 Å². The van der Waals surface area contributed by atoms with Crippen LogP contribution in [-0.4, -0.2) is 28.3 Å². The summed E-state index contributed by atoms with van der Waals surface area (Å²) in [6, 6.07) is 3.52. The maximum absolute atomic E-state index is 11.2. The Hall–Kier alpha value is -1.89. The van der Waals surface area contributed by atoms with E-state index in [-0.39, 0.29) is 5.97 Å². The van der Waals surface area contributed by atoms with Gasteiger partial charge in [0.1, 0.15) is 10.7 Å². The Bertz CT molecular complexity index is 520. The van der Waals surface area contributed by atoms with Crippen LogP contribution in [0.15, 0.2) is 12.1 Å². The van der Waals surface area contributed by atoms with E-state index >= 15 is 0 Å². The predicted octanol–water partition coefficient (Wildman–Crippen LogP) is 1.57. The molecule has 0 amide bonds. The molecule has 0 spiro atoms. The first kappa shape index (κ1) is 11.6. The van der Waals surface area contributed by atoms with Crippen LogP contribution in [-0.2, 0) is 11.3 Å². The Balaban J connectivity index is 1.95. The number of rotatable bonds is 4. The van der Waals surface area contributed by atoms with Crippen molar-refractivity contribution < 1.29 is 9.53 Å². The number of hydrogen-bond acceptors (Lipinski definition) is 6. The van der Waals surface area contributed by atoms with E-state index < -0.39 is 0 Å². The average Bonchev–Trinajstić information content (AvgIpc) is 2.94. The number of methoxy groups -OCH3 is 1. The molecule has 0 saturated heterocycles. The fraction of sp³-hybridized carbons (Fsp3) is 0.300. The number of aromatic nitrogens is 3. The first-order valence-electron chi connectivity index (χ1n) is 4.99. The molecule has 17 heavy (non-hydrogen) atoms. The maximum Gasteiger partial charge on any atom is 0.354 e. The number of ether oxygens (including phenoxy) is 1. The highest BCUT2D eigenvalue weighted by Gasteiger charge is 2.08. The van der Waals surface area contributed by atoms with Gasteiger partial charge in [0.25, 0.3) is 0 Å². The lowest BCUT2D eigenvalue weighted by molar-refractivity contribution is 0.0594. The van der Waals surface area contributed by atoms with Gasteiger partial charge in [-0.2, -0.15) is 0 Å². The minimum atomic E-state index is -0.372. The number of anilines is 1. The van der Waals surface area contributed by atoms with E-state index in [1.807, 2.05) is 13.0 Å². The number of nitrogens with one attached hydrogen (secondary N) is 2. The molecular formula is C10H12N4O2S. The summed E-state index contributed by atoms with van der Waals surface area (Å²) in [4.78, 5) is 14.2. The second-order valence-corrected chi connectivity index (χ2v) is 4.55. The van der Waals surface area contributed by atoms with E-state index in [0.717, 1.165) is 15.8 Å². The van der Waals surface area contributed by atoms with Gasteiger partial charge in [-0.1, -0.05) is 11.3 Å². The van der Waals surface area contributed by atoms with Gasteiger partial charge < -0.3 is 15.0 Å². The molecule has 2 N–H and O–H groups in total. The number of esters is 1. The van der Waals surface area contributed by atoms with Crippen LogP contribution in [0.2, 0.25) is 0 Å². The highest BCUT2D eigenvalue weighted by molar-refractivity contribution is 7.15. The summed E-state index contributed by atoms with van der Waals surface area (Å²) in [5, 5.41) is 12.6. The average molecular weight is 252 g/mol. The molecule has 0 aromatic carbocycles. The third-order valence-electron chi connectivity index (χ3n) is 2.11. The number of hydrogen-bond donors (Lipinski definition) is 2. The quantitative estimate of drug-likeness (QED) is 0.807. The van der Waals surface area contributed by atoms with Crippen LogP contribution in [0.25, 0.3) is 0 Å². The number of aromatic amines is 1. The van der Waals surface area contributed by atoms with Gasteiger partial charge >= 0.3 is 5.97 Å². The van der Waals surface area contributed by atoms with Crippen molar-refractivity contribution in [2.45, 2.75) is 13.5 Å². The van der Waals surface area contributed by atoms with Gasteiger partial charge in [-0.15, -0.1) is 10.2 Å². The van der Waals surface area contributed by atoms with Crippen molar-refractivity contribution in [3.8, 4) is 0 Å². The first-order chi connectivity index (χ1) is 8.19. The molecule has 0 radical (unpaired) electrons. The number of carbonyl (C=O) groups excluding carboxylic acids is 1. The van der Waals surface area contributed by atoms with Crippen molar-refractivity contribution in [3.05, 3.63) is 28.5 Å². The van der Waals surface area contributed by atoms with Crippen molar-refractivity contribution in [1.82, 2.24) is 15.2 Å². The van der Waals surface area contributed by atoms with Gasteiger partial charge in [0.2, 0.25) is 5.13 Å². The minimum Gasteiger partial charge on any atom is -0.464 e. The van der Waals surface area contributed by atoms with Crippen LogP contribution < -0.4 is 5.32 Å². The number of aryl methyl sites for hydroxylation is 1. The lowest BCUT2D eigenvalue weighted by atomic mass is 10.4. The van der Waals surface area contributed by atoms with E-state index in [4.69, 9.17) is 0 Å². The summed E-state index contributed by atoms with van der Waals surface area (Å²) < 4.78 is 4.60. The first-order valence-corrected chi connectivity index (χ1v) is 5.81. The Labute approximate surface area is 102 Å². The van der Waals surface area contributed by atoms with E-state index in [1.54, 1.807) is 6.07 Å².